The van der Waals surface area contributed by atoms with E-state index < -0.39 is 6.04 Å². The third-order valence-electron chi connectivity index (χ3n) is 3.96. The lowest BCUT2D eigenvalue weighted by Crippen LogP contribution is -2.43. The highest BCUT2D eigenvalue weighted by Crippen LogP contribution is 2.22. The number of aromatic nitrogens is 1. The lowest BCUT2D eigenvalue weighted by molar-refractivity contribution is -0.119. The molecule has 1 N–H and O–H groups in total. The molecule has 1 aliphatic rings. The Morgan fingerprint density at radius 3 is 2.83 bits per heavy atom. The van der Waals surface area contributed by atoms with Crippen LogP contribution in [-0.4, -0.2) is 34.5 Å². The molecule has 0 unspecified atom stereocenters. The molecule has 1 atom stereocenters. The van der Waals surface area contributed by atoms with Crippen LogP contribution in [-0.2, 0) is 4.79 Å². The molecule has 1 aromatic carbocycles. The van der Waals surface area contributed by atoms with Crippen LogP contribution in [0.5, 0.6) is 0 Å². The summed E-state index contributed by atoms with van der Waals surface area (Å²) in [5, 5.41) is 6.47. The molecular formula is C17H19N3O3. The van der Waals surface area contributed by atoms with Crippen LogP contribution in [0.4, 0.5) is 5.82 Å². The average Bonchev–Trinajstić information content (AvgIpc) is 3.15. The van der Waals surface area contributed by atoms with Crippen molar-refractivity contribution >= 4 is 17.6 Å². The molecule has 0 bridgehead atoms. The summed E-state index contributed by atoms with van der Waals surface area (Å²) in [5.41, 5.74) is 1.64. The van der Waals surface area contributed by atoms with E-state index in [1.807, 2.05) is 25.1 Å². The number of carbonyl (C=O) groups is 2. The van der Waals surface area contributed by atoms with E-state index in [1.165, 1.54) is 0 Å². The van der Waals surface area contributed by atoms with E-state index in [0.717, 1.165) is 12.0 Å². The second-order valence-electron chi connectivity index (χ2n) is 5.84. The minimum absolute atomic E-state index is 0.109. The molecule has 3 rings (SSSR count). The topological polar surface area (TPSA) is 75.4 Å². The fourth-order valence-corrected chi connectivity index (χ4v) is 2.86. The number of rotatable bonds is 3. The number of carbonyl (C=O) groups excluding carboxylic acids is 2. The third kappa shape index (κ3) is 3.26. The van der Waals surface area contributed by atoms with Gasteiger partial charge in [-0.15, -0.1) is 0 Å². The van der Waals surface area contributed by atoms with E-state index in [-0.39, 0.29) is 11.8 Å². The highest BCUT2D eigenvalue weighted by molar-refractivity contribution is 6.01. The maximum absolute atomic E-state index is 12.7. The largest absolute Gasteiger partial charge is 0.360 e. The van der Waals surface area contributed by atoms with Gasteiger partial charge in [0.15, 0.2) is 5.82 Å². The molecule has 0 spiro atoms. The van der Waals surface area contributed by atoms with Crippen LogP contribution in [0.2, 0.25) is 0 Å². The van der Waals surface area contributed by atoms with Gasteiger partial charge in [0, 0.05) is 18.2 Å². The number of nitrogens with zero attached hydrogens (tertiary/aromatic N) is 2. The number of likely N-dealkylation sites (tertiary alicyclic amines) is 1. The molecule has 6 heteroatoms. The Balaban J connectivity index is 1.74. The number of hydrogen-bond donors (Lipinski definition) is 1. The van der Waals surface area contributed by atoms with Crippen molar-refractivity contribution in [3.63, 3.8) is 0 Å². The van der Waals surface area contributed by atoms with Crippen LogP contribution >= 0.6 is 0 Å². The SMILES string of the molecule is Cc1cccc(C(=O)N2CCC[C@H]2C(=O)Nc2cc(C)on2)c1. The third-order valence-corrected chi connectivity index (χ3v) is 3.96. The summed E-state index contributed by atoms with van der Waals surface area (Å²) in [6.45, 7) is 4.28. The standard InChI is InChI=1S/C17H19N3O3/c1-11-5-3-6-13(9-11)17(22)20-8-4-7-14(20)16(21)18-15-10-12(2)23-19-15/h3,5-6,9-10,14H,4,7-8H2,1-2H3,(H,18,19,21)/t14-/m0/s1. The molecular weight excluding hydrogens is 294 g/mol. The number of amides is 2. The molecule has 6 nitrogen and oxygen atoms in total. The molecule has 1 saturated heterocycles. The molecule has 2 aromatic rings. The van der Waals surface area contributed by atoms with E-state index in [4.69, 9.17) is 4.52 Å². The van der Waals surface area contributed by atoms with Gasteiger partial charge in [-0.1, -0.05) is 22.9 Å². The summed E-state index contributed by atoms with van der Waals surface area (Å²) in [5.74, 6) is 0.668. The van der Waals surface area contributed by atoms with Gasteiger partial charge in [0.05, 0.1) is 0 Å². The van der Waals surface area contributed by atoms with Gasteiger partial charge >= 0.3 is 0 Å². The van der Waals surface area contributed by atoms with Gasteiger partial charge in [0.2, 0.25) is 5.91 Å². The highest BCUT2D eigenvalue weighted by Gasteiger charge is 2.34. The summed E-state index contributed by atoms with van der Waals surface area (Å²) in [6, 6.07) is 8.60. The number of benzene rings is 1. The maximum atomic E-state index is 12.7. The Labute approximate surface area is 134 Å². The van der Waals surface area contributed by atoms with Crippen molar-refractivity contribution in [2.24, 2.45) is 0 Å². The quantitative estimate of drug-likeness (QED) is 0.945. The fourth-order valence-electron chi connectivity index (χ4n) is 2.86. The Morgan fingerprint density at radius 1 is 1.30 bits per heavy atom. The summed E-state index contributed by atoms with van der Waals surface area (Å²) in [7, 11) is 0. The van der Waals surface area contributed by atoms with Crippen LogP contribution in [0.3, 0.4) is 0 Å². The lowest BCUT2D eigenvalue weighted by Gasteiger charge is -2.23. The number of hydrogen-bond acceptors (Lipinski definition) is 4. The Hall–Kier alpha value is -2.63. The molecule has 23 heavy (non-hydrogen) atoms. The first kappa shape index (κ1) is 15.3. The van der Waals surface area contributed by atoms with E-state index in [0.29, 0.717) is 30.1 Å². The second kappa shape index (κ2) is 6.24. The molecule has 1 aliphatic heterocycles. The normalized spacial score (nSPS) is 17.3. The number of nitrogens with one attached hydrogen (secondary N) is 1. The van der Waals surface area contributed by atoms with Gasteiger partial charge in [-0.2, -0.15) is 0 Å². The fraction of sp³-hybridized carbons (Fsp3) is 0.353. The van der Waals surface area contributed by atoms with E-state index >= 15 is 0 Å². The highest BCUT2D eigenvalue weighted by atomic mass is 16.5. The zero-order valence-corrected chi connectivity index (χ0v) is 13.2. The van der Waals surface area contributed by atoms with Gasteiger partial charge < -0.3 is 14.7 Å². The summed E-state index contributed by atoms with van der Waals surface area (Å²) in [6.07, 6.45) is 1.47. The van der Waals surface area contributed by atoms with Gasteiger partial charge in [-0.05, 0) is 38.8 Å². The van der Waals surface area contributed by atoms with Crippen molar-refractivity contribution in [2.45, 2.75) is 32.7 Å². The van der Waals surface area contributed by atoms with Gasteiger partial charge in [-0.3, -0.25) is 9.59 Å². The molecule has 0 radical (unpaired) electrons. The van der Waals surface area contributed by atoms with Gasteiger partial charge in [0.25, 0.3) is 5.91 Å². The number of aryl methyl sites for hydroxylation is 2. The van der Waals surface area contributed by atoms with Crippen molar-refractivity contribution in [1.82, 2.24) is 10.1 Å². The first-order chi connectivity index (χ1) is 11.0. The Bertz CT molecular complexity index is 738. The van der Waals surface area contributed by atoms with Crippen LogP contribution < -0.4 is 5.32 Å². The predicted octanol–water partition coefficient (Wildman–Crippen LogP) is 2.53. The monoisotopic (exact) mass is 313 g/mol. The van der Waals surface area contributed by atoms with Crippen LogP contribution in [0.15, 0.2) is 34.9 Å². The second-order valence-corrected chi connectivity index (χ2v) is 5.84. The first-order valence-corrected chi connectivity index (χ1v) is 7.66. The zero-order chi connectivity index (χ0) is 16.4. The molecule has 2 amide bonds. The van der Waals surface area contributed by atoms with Gasteiger partial charge in [0.1, 0.15) is 11.8 Å². The maximum Gasteiger partial charge on any atom is 0.254 e. The van der Waals surface area contributed by atoms with Crippen molar-refractivity contribution in [1.29, 1.82) is 0 Å². The summed E-state index contributed by atoms with van der Waals surface area (Å²) in [4.78, 5) is 26.8. The molecule has 120 valence electrons. The predicted molar refractivity (Wildman–Crippen MR) is 85.1 cm³/mol. The van der Waals surface area contributed by atoms with Crippen LogP contribution in [0.1, 0.15) is 34.5 Å². The van der Waals surface area contributed by atoms with Crippen molar-refractivity contribution in [3.8, 4) is 0 Å². The minimum atomic E-state index is -0.472. The molecule has 2 heterocycles. The van der Waals surface area contributed by atoms with E-state index in [9.17, 15) is 9.59 Å². The smallest absolute Gasteiger partial charge is 0.254 e. The van der Waals surface area contributed by atoms with Crippen LogP contribution in [0.25, 0.3) is 0 Å². The van der Waals surface area contributed by atoms with Crippen LogP contribution in [0, 0.1) is 13.8 Å². The lowest BCUT2D eigenvalue weighted by atomic mass is 10.1. The van der Waals surface area contributed by atoms with Crippen molar-refractivity contribution in [2.75, 3.05) is 11.9 Å². The average molecular weight is 313 g/mol. The molecule has 0 aliphatic carbocycles. The molecule has 1 aromatic heterocycles. The molecule has 0 saturated carbocycles. The van der Waals surface area contributed by atoms with Crippen molar-refractivity contribution in [3.05, 3.63) is 47.2 Å². The van der Waals surface area contributed by atoms with E-state index in [2.05, 4.69) is 10.5 Å². The van der Waals surface area contributed by atoms with Gasteiger partial charge in [-0.25, -0.2) is 0 Å². The Morgan fingerprint density at radius 2 is 2.13 bits per heavy atom. The van der Waals surface area contributed by atoms with E-state index in [1.54, 1.807) is 24.0 Å². The number of anilines is 1. The Kier molecular flexibility index (Phi) is 4.14. The minimum Gasteiger partial charge on any atom is -0.360 e. The van der Waals surface area contributed by atoms with Crippen molar-refractivity contribution < 1.29 is 14.1 Å². The summed E-state index contributed by atoms with van der Waals surface area (Å²) >= 11 is 0. The zero-order valence-electron chi connectivity index (χ0n) is 13.2. The first-order valence-electron chi connectivity index (χ1n) is 7.66. The molecule has 1 fully saturated rings. The summed E-state index contributed by atoms with van der Waals surface area (Å²) < 4.78 is 4.94.